The van der Waals surface area contributed by atoms with Crippen LogP contribution in [-0.4, -0.2) is 0 Å². The zero-order valence-corrected chi connectivity index (χ0v) is 4.39. The lowest BCUT2D eigenvalue weighted by atomic mass is 10.2. The second kappa shape index (κ2) is 1.78. The summed E-state index contributed by atoms with van der Waals surface area (Å²) in [5, 5.41) is 0. The van der Waals surface area contributed by atoms with Gasteiger partial charge in [-0.3, -0.25) is 0 Å². The summed E-state index contributed by atoms with van der Waals surface area (Å²) in [5.41, 5.74) is 1.32. The van der Waals surface area contributed by atoms with E-state index in [1.54, 1.807) is 0 Å². The quantitative estimate of drug-likeness (QED) is 0.463. The molecular formula is C7H10. The molecule has 0 bridgehead atoms. The van der Waals surface area contributed by atoms with E-state index in [1.807, 2.05) is 18.2 Å². The molecule has 0 heterocycles. The van der Waals surface area contributed by atoms with E-state index in [-0.39, 0.29) is 1.43 Å². The van der Waals surface area contributed by atoms with E-state index in [4.69, 9.17) is 0 Å². The molecule has 0 aromatic heterocycles. The number of hydrogen-bond acceptors (Lipinski definition) is 0. The zero-order valence-electron chi connectivity index (χ0n) is 4.39. The van der Waals surface area contributed by atoms with Crippen LogP contribution < -0.4 is 0 Å². The summed E-state index contributed by atoms with van der Waals surface area (Å²) in [6.45, 7) is 2.08. The summed E-state index contributed by atoms with van der Waals surface area (Å²) in [7, 11) is 0. The standard InChI is InChI=1S/C7H8.H2/c1-7-5-3-2-4-6-7;/h2-6H,1H3;1H/i;1+1. The van der Waals surface area contributed by atoms with Crippen LogP contribution in [0.4, 0.5) is 0 Å². The Hall–Kier alpha value is -0.780. The third kappa shape index (κ3) is 1.04. The Morgan fingerprint density at radius 3 is 2.00 bits per heavy atom. The molecule has 0 radical (unpaired) electrons. The van der Waals surface area contributed by atoms with Crippen LogP contribution in [0.15, 0.2) is 30.3 Å². The Labute approximate surface area is 45.3 Å². The van der Waals surface area contributed by atoms with Gasteiger partial charge in [-0.25, -0.2) is 0 Å². The second-order valence-electron chi connectivity index (χ2n) is 1.65. The highest BCUT2D eigenvalue weighted by Crippen LogP contribution is 1.92. The molecule has 0 nitrogen and oxygen atoms in total. The summed E-state index contributed by atoms with van der Waals surface area (Å²) in [6, 6.07) is 10.3. The van der Waals surface area contributed by atoms with Gasteiger partial charge in [0.15, 0.2) is 0 Å². The SMILES string of the molecule is Cc1ccccc1.[2HH]. The summed E-state index contributed by atoms with van der Waals surface area (Å²) in [4.78, 5) is 0. The van der Waals surface area contributed by atoms with Crippen molar-refractivity contribution in [2.75, 3.05) is 0 Å². The van der Waals surface area contributed by atoms with E-state index >= 15 is 0 Å². The van der Waals surface area contributed by atoms with Crippen LogP contribution in [0.5, 0.6) is 0 Å². The predicted molar refractivity (Wildman–Crippen MR) is 33.3 cm³/mol. The van der Waals surface area contributed by atoms with Crippen molar-refractivity contribution in [1.29, 1.82) is 0 Å². The van der Waals surface area contributed by atoms with E-state index in [2.05, 4.69) is 19.1 Å². The van der Waals surface area contributed by atoms with Crippen LogP contribution in [0.3, 0.4) is 0 Å². The van der Waals surface area contributed by atoms with E-state index in [0.29, 0.717) is 0 Å². The Balaban J connectivity index is 0.000000490. The highest BCUT2D eigenvalue weighted by molar-refractivity contribution is 5.11. The first-order valence-corrected chi connectivity index (χ1v) is 2.41. The van der Waals surface area contributed by atoms with Gasteiger partial charge in [-0.05, 0) is 6.92 Å². The Kier molecular flexibility index (Phi) is 1.12. The van der Waals surface area contributed by atoms with E-state index in [1.165, 1.54) is 5.56 Å². The first-order valence-electron chi connectivity index (χ1n) is 2.41. The van der Waals surface area contributed by atoms with Crippen molar-refractivity contribution in [2.45, 2.75) is 6.92 Å². The molecule has 0 amide bonds. The molecule has 0 fully saturated rings. The number of hydrogen-bond donors (Lipinski definition) is 0. The molecule has 0 atom stereocenters. The van der Waals surface area contributed by atoms with Crippen LogP contribution in [0.2, 0.25) is 0 Å². The van der Waals surface area contributed by atoms with Gasteiger partial charge in [-0.15, -0.1) is 0 Å². The van der Waals surface area contributed by atoms with Gasteiger partial charge in [0, 0.05) is 1.43 Å². The molecular weight excluding hydrogens is 84.1 g/mol. The second-order valence-corrected chi connectivity index (χ2v) is 1.65. The summed E-state index contributed by atoms with van der Waals surface area (Å²) < 4.78 is 0. The Morgan fingerprint density at radius 2 is 1.71 bits per heavy atom. The third-order valence-corrected chi connectivity index (χ3v) is 0.940. The van der Waals surface area contributed by atoms with Crippen LogP contribution in [-0.2, 0) is 0 Å². The fourth-order valence-corrected chi connectivity index (χ4v) is 0.534. The summed E-state index contributed by atoms with van der Waals surface area (Å²) >= 11 is 0. The van der Waals surface area contributed by atoms with Crippen molar-refractivity contribution >= 4 is 0 Å². The van der Waals surface area contributed by atoms with Crippen molar-refractivity contribution in [3.63, 3.8) is 0 Å². The molecule has 0 aliphatic carbocycles. The molecule has 0 aliphatic heterocycles. The van der Waals surface area contributed by atoms with Crippen molar-refractivity contribution in [3.05, 3.63) is 35.9 Å². The molecule has 0 unspecified atom stereocenters. The third-order valence-electron chi connectivity index (χ3n) is 0.940. The molecule has 0 saturated carbocycles. The topological polar surface area (TPSA) is 0 Å². The monoisotopic (exact) mass is 95.1 g/mol. The maximum Gasteiger partial charge on any atom is 0 e. The largest absolute Gasteiger partial charge is 0.0622 e. The predicted octanol–water partition coefficient (Wildman–Crippen LogP) is 2.24. The van der Waals surface area contributed by atoms with Crippen molar-refractivity contribution in [2.24, 2.45) is 0 Å². The first-order chi connectivity index (χ1) is 3.39. The molecule has 0 saturated heterocycles. The van der Waals surface area contributed by atoms with Crippen LogP contribution >= 0.6 is 0 Å². The normalized spacial score (nSPS) is 8.71. The molecule has 0 heteroatoms. The number of rotatable bonds is 0. The van der Waals surface area contributed by atoms with Gasteiger partial charge in [0.2, 0.25) is 0 Å². The fourth-order valence-electron chi connectivity index (χ4n) is 0.534. The minimum atomic E-state index is 0. The lowest BCUT2D eigenvalue weighted by Crippen LogP contribution is -1.62. The van der Waals surface area contributed by atoms with Gasteiger partial charge in [0.05, 0.1) is 0 Å². The van der Waals surface area contributed by atoms with Crippen molar-refractivity contribution in [1.82, 2.24) is 0 Å². The van der Waals surface area contributed by atoms with E-state index in [9.17, 15) is 0 Å². The molecule has 1 rings (SSSR count). The average Bonchev–Trinajstić information content (AvgIpc) is 1.69. The number of aryl methyl sites for hydroxylation is 1. The molecule has 0 spiro atoms. The van der Waals surface area contributed by atoms with Crippen LogP contribution in [0.1, 0.15) is 6.99 Å². The maximum absolute atomic E-state index is 2.08. The fraction of sp³-hybridized carbons (Fsp3) is 0.143. The van der Waals surface area contributed by atoms with Gasteiger partial charge in [0.25, 0.3) is 0 Å². The van der Waals surface area contributed by atoms with Gasteiger partial charge in [0.1, 0.15) is 0 Å². The van der Waals surface area contributed by atoms with Crippen LogP contribution in [0, 0.1) is 6.92 Å². The molecule has 0 aliphatic rings. The van der Waals surface area contributed by atoms with Crippen molar-refractivity contribution in [3.8, 4) is 0 Å². The summed E-state index contributed by atoms with van der Waals surface area (Å²) in [6.07, 6.45) is 0. The highest BCUT2D eigenvalue weighted by Gasteiger charge is 1.72. The number of benzene rings is 1. The highest BCUT2D eigenvalue weighted by atomic mass is 13.8. The molecule has 38 valence electrons. The Bertz CT molecular complexity index is 134. The molecule has 7 heavy (non-hydrogen) atoms. The zero-order chi connectivity index (χ0) is 5.11. The van der Waals surface area contributed by atoms with Gasteiger partial charge in [-0.2, -0.15) is 0 Å². The lowest BCUT2D eigenvalue weighted by molar-refractivity contribution is 1.48. The lowest BCUT2D eigenvalue weighted by Gasteiger charge is -1.82. The maximum atomic E-state index is 2.08. The first kappa shape index (κ1) is 4.38. The van der Waals surface area contributed by atoms with Crippen molar-refractivity contribution < 1.29 is 1.43 Å². The smallest absolute Gasteiger partial charge is 0 e. The van der Waals surface area contributed by atoms with Gasteiger partial charge < -0.3 is 0 Å². The minimum Gasteiger partial charge on any atom is -0.0622 e. The van der Waals surface area contributed by atoms with E-state index < -0.39 is 0 Å². The minimum absolute atomic E-state index is 0. The average molecular weight is 95.2 g/mol. The van der Waals surface area contributed by atoms with Crippen LogP contribution in [0.25, 0.3) is 0 Å². The molecule has 0 N–H and O–H groups in total. The molecule has 1 aromatic rings. The molecule has 1 aromatic carbocycles. The van der Waals surface area contributed by atoms with Gasteiger partial charge in [-0.1, -0.05) is 35.9 Å². The van der Waals surface area contributed by atoms with Gasteiger partial charge >= 0.3 is 0 Å². The summed E-state index contributed by atoms with van der Waals surface area (Å²) in [5.74, 6) is 0. The van der Waals surface area contributed by atoms with E-state index in [0.717, 1.165) is 0 Å². The Morgan fingerprint density at radius 1 is 1.14 bits per heavy atom.